The van der Waals surface area contributed by atoms with Crippen LogP contribution in [-0.4, -0.2) is 31.4 Å². The van der Waals surface area contributed by atoms with Gasteiger partial charge in [-0.3, -0.25) is 0 Å². The van der Waals surface area contributed by atoms with Gasteiger partial charge in [0.25, 0.3) is 0 Å². The lowest BCUT2D eigenvalue weighted by Gasteiger charge is -2.17. The molecule has 1 aliphatic rings. The summed E-state index contributed by atoms with van der Waals surface area (Å²) in [5.74, 6) is 0.438. The third kappa shape index (κ3) is 4.36. The zero-order valence-electron chi connectivity index (χ0n) is 10.9. The van der Waals surface area contributed by atoms with Crippen molar-refractivity contribution in [2.24, 2.45) is 0 Å². The van der Waals surface area contributed by atoms with Crippen molar-refractivity contribution in [3.8, 4) is 5.75 Å². The highest BCUT2D eigenvalue weighted by Crippen LogP contribution is 2.13. The van der Waals surface area contributed by atoms with Crippen molar-refractivity contribution in [3.63, 3.8) is 0 Å². The molecule has 2 atom stereocenters. The molecule has 0 fully saturated rings. The van der Waals surface area contributed by atoms with Gasteiger partial charge in [0.2, 0.25) is 0 Å². The standard InChI is InChI=1S/C14H19NO3S/c1-11(15-13-8-9-19(17,18)10-13)2-3-12-4-6-14(16)7-5-12/h4-9,11,13,15-16H,2-3,10H2,1H3. The fourth-order valence-electron chi connectivity index (χ4n) is 2.17. The van der Waals surface area contributed by atoms with Crippen molar-refractivity contribution in [3.05, 3.63) is 41.3 Å². The Morgan fingerprint density at radius 1 is 1.37 bits per heavy atom. The zero-order valence-corrected chi connectivity index (χ0v) is 11.7. The Balaban J connectivity index is 1.78. The fraction of sp³-hybridized carbons (Fsp3) is 0.429. The number of phenols is 1. The summed E-state index contributed by atoms with van der Waals surface area (Å²) in [5.41, 5.74) is 1.17. The fourth-order valence-corrected chi connectivity index (χ4v) is 3.42. The Bertz CT molecular complexity index is 549. The Morgan fingerprint density at radius 3 is 2.63 bits per heavy atom. The highest BCUT2D eigenvalue weighted by Gasteiger charge is 2.22. The van der Waals surface area contributed by atoms with E-state index in [4.69, 9.17) is 0 Å². The summed E-state index contributed by atoms with van der Waals surface area (Å²) >= 11 is 0. The van der Waals surface area contributed by atoms with Crippen LogP contribution in [0.4, 0.5) is 0 Å². The molecule has 0 saturated carbocycles. The number of aromatic hydroxyl groups is 1. The average Bonchev–Trinajstić information content (AvgIpc) is 2.68. The number of rotatable bonds is 5. The molecule has 1 aromatic carbocycles. The van der Waals surface area contributed by atoms with E-state index in [2.05, 4.69) is 12.2 Å². The predicted molar refractivity (Wildman–Crippen MR) is 75.7 cm³/mol. The molecular formula is C14H19NO3S. The highest BCUT2D eigenvalue weighted by molar-refractivity contribution is 7.94. The topological polar surface area (TPSA) is 66.4 Å². The molecule has 2 rings (SSSR count). The normalized spacial score (nSPS) is 22.5. The van der Waals surface area contributed by atoms with Crippen LogP contribution in [0.1, 0.15) is 18.9 Å². The third-order valence-electron chi connectivity index (χ3n) is 3.23. The maximum atomic E-state index is 11.3. The summed E-state index contributed by atoms with van der Waals surface area (Å²) in [5, 5.41) is 13.8. The van der Waals surface area contributed by atoms with E-state index in [1.165, 1.54) is 11.0 Å². The second-order valence-corrected chi connectivity index (χ2v) is 6.97. The van der Waals surface area contributed by atoms with Gasteiger partial charge in [0.1, 0.15) is 5.75 Å². The second kappa shape index (κ2) is 5.75. The summed E-state index contributed by atoms with van der Waals surface area (Å²) in [6.45, 7) is 2.05. The molecule has 1 aromatic rings. The Kier molecular flexibility index (Phi) is 4.27. The minimum atomic E-state index is -2.98. The minimum absolute atomic E-state index is 0.0696. The SMILES string of the molecule is CC(CCc1ccc(O)cc1)NC1C=CS(=O)(=O)C1. The number of sulfone groups is 1. The molecule has 19 heavy (non-hydrogen) atoms. The van der Waals surface area contributed by atoms with Gasteiger partial charge in [-0.2, -0.15) is 0 Å². The quantitative estimate of drug-likeness (QED) is 0.860. The van der Waals surface area contributed by atoms with E-state index in [-0.39, 0.29) is 23.6 Å². The van der Waals surface area contributed by atoms with Crippen molar-refractivity contribution in [2.75, 3.05) is 5.75 Å². The first kappa shape index (κ1) is 14.1. The maximum absolute atomic E-state index is 11.3. The first-order valence-corrected chi connectivity index (χ1v) is 8.11. The minimum Gasteiger partial charge on any atom is -0.508 e. The van der Waals surface area contributed by atoms with Crippen LogP contribution < -0.4 is 5.32 Å². The van der Waals surface area contributed by atoms with Crippen molar-refractivity contribution < 1.29 is 13.5 Å². The van der Waals surface area contributed by atoms with E-state index in [9.17, 15) is 13.5 Å². The second-order valence-electron chi connectivity index (χ2n) is 5.04. The molecule has 1 aliphatic heterocycles. The predicted octanol–water partition coefficient (Wildman–Crippen LogP) is 1.61. The first-order chi connectivity index (χ1) is 8.94. The van der Waals surface area contributed by atoms with E-state index < -0.39 is 9.84 Å². The van der Waals surface area contributed by atoms with E-state index >= 15 is 0 Å². The van der Waals surface area contributed by atoms with E-state index in [0.717, 1.165) is 12.8 Å². The summed E-state index contributed by atoms with van der Waals surface area (Å²) in [4.78, 5) is 0. The Labute approximate surface area is 114 Å². The molecule has 0 aliphatic carbocycles. The first-order valence-electron chi connectivity index (χ1n) is 6.39. The van der Waals surface area contributed by atoms with Gasteiger partial charge in [-0.15, -0.1) is 0 Å². The number of phenolic OH excluding ortho intramolecular Hbond substituents is 1. The number of hydrogen-bond donors (Lipinski definition) is 2. The van der Waals surface area contributed by atoms with Gasteiger partial charge in [0.05, 0.1) is 5.75 Å². The Hall–Kier alpha value is -1.33. The van der Waals surface area contributed by atoms with Crippen LogP contribution >= 0.6 is 0 Å². The average molecular weight is 281 g/mol. The van der Waals surface area contributed by atoms with Crippen LogP contribution in [0.2, 0.25) is 0 Å². The number of nitrogens with one attached hydrogen (secondary N) is 1. The molecule has 0 aromatic heterocycles. The van der Waals surface area contributed by atoms with Crippen molar-refractivity contribution in [1.29, 1.82) is 0 Å². The molecule has 2 N–H and O–H groups in total. The molecule has 0 spiro atoms. The van der Waals surface area contributed by atoms with Gasteiger partial charge >= 0.3 is 0 Å². The summed E-state index contributed by atoms with van der Waals surface area (Å²) < 4.78 is 22.6. The molecule has 4 nitrogen and oxygen atoms in total. The molecule has 104 valence electrons. The van der Waals surface area contributed by atoms with Crippen LogP contribution in [0.25, 0.3) is 0 Å². The Morgan fingerprint density at radius 2 is 2.05 bits per heavy atom. The lowest BCUT2D eigenvalue weighted by Crippen LogP contribution is -2.37. The van der Waals surface area contributed by atoms with Gasteiger partial charge in [-0.1, -0.05) is 18.2 Å². The van der Waals surface area contributed by atoms with Crippen molar-refractivity contribution in [1.82, 2.24) is 5.32 Å². The number of hydrogen-bond acceptors (Lipinski definition) is 4. The van der Waals surface area contributed by atoms with E-state index in [1.807, 2.05) is 12.1 Å². The summed E-state index contributed by atoms with van der Waals surface area (Å²) in [6.07, 6.45) is 3.54. The van der Waals surface area contributed by atoms with Gasteiger partial charge in [-0.05, 0) is 37.5 Å². The molecule has 1 heterocycles. The molecule has 2 unspecified atom stereocenters. The molecule has 5 heteroatoms. The third-order valence-corrected chi connectivity index (χ3v) is 4.63. The maximum Gasteiger partial charge on any atom is 0.173 e. The molecule has 0 bridgehead atoms. The largest absolute Gasteiger partial charge is 0.508 e. The van der Waals surface area contributed by atoms with Crippen LogP contribution in [-0.2, 0) is 16.3 Å². The van der Waals surface area contributed by atoms with Crippen LogP contribution in [0.3, 0.4) is 0 Å². The van der Waals surface area contributed by atoms with Gasteiger partial charge < -0.3 is 10.4 Å². The summed E-state index contributed by atoms with van der Waals surface area (Å²) in [6, 6.07) is 7.35. The summed E-state index contributed by atoms with van der Waals surface area (Å²) in [7, 11) is -2.98. The number of benzene rings is 1. The van der Waals surface area contributed by atoms with Crippen LogP contribution in [0.5, 0.6) is 5.75 Å². The lowest BCUT2D eigenvalue weighted by atomic mass is 10.1. The van der Waals surface area contributed by atoms with Crippen molar-refractivity contribution in [2.45, 2.75) is 31.8 Å². The molecule has 0 amide bonds. The molecular weight excluding hydrogens is 262 g/mol. The van der Waals surface area contributed by atoms with E-state index in [0.29, 0.717) is 0 Å². The molecule has 0 radical (unpaired) electrons. The smallest absolute Gasteiger partial charge is 0.173 e. The van der Waals surface area contributed by atoms with Gasteiger partial charge in [0, 0.05) is 17.5 Å². The highest BCUT2D eigenvalue weighted by atomic mass is 32.2. The van der Waals surface area contributed by atoms with Crippen LogP contribution in [0.15, 0.2) is 35.7 Å². The monoisotopic (exact) mass is 281 g/mol. The number of aryl methyl sites for hydroxylation is 1. The zero-order chi connectivity index (χ0) is 13.9. The van der Waals surface area contributed by atoms with Gasteiger partial charge in [0.15, 0.2) is 9.84 Å². The van der Waals surface area contributed by atoms with Crippen LogP contribution in [0, 0.1) is 0 Å². The molecule has 0 saturated heterocycles. The lowest BCUT2D eigenvalue weighted by molar-refractivity contribution is 0.474. The van der Waals surface area contributed by atoms with E-state index in [1.54, 1.807) is 18.2 Å². The van der Waals surface area contributed by atoms with Crippen molar-refractivity contribution >= 4 is 9.84 Å². The van der Waals surface area contributed by atoms with Gasteiger partial charge in [-0.25, -0.2) is 8.42 Å².